The normalized spacial score (nSPS) is 14.9. The van der Waals surface area contributed by atoms with Crippen molar-refractivity contribution >= 4 is 39.6 Å². The highest BCUT2D eigenvalue weighted by Gasteiger charge is 2.36. The topological polar surface area (TPSA) is 77.5 Å². The Hall–Kier alpha value is -3.80. The first kappa shape index (κ1) is 23.0. The van der Waals surface area contributed by atoms with Gasteiger partial charge in [0, 0.05) is 52.5 Å². The molecule has 0 aliphatic carbocycles. The monoisotopic (exact) mass is 491 g/mol. The largest absolute Gasteiger partial charge is 0.494 e. The van der Waals surface area contributed by atoms with E-state index >= 15 is 0 Å². The Morgan fingerprint density at radius 3 is 2.80 bits per heavy atom. The highest BCUT2D eigenvalue weighted by Crippen LogP contribution is 2.44. The van der Waals surface area contributed by atoms with E-state index in [1.54, 1.807) is 29.4 Å². The quantitative estimate of drug-likeness (QED) is 0.340. The molecule has 9 heteroatoms. The summed E-state index contributed by atoms with van der Waals surface area (Å²) in [6.45, 7) is 1.03. The number of hydrogen-bond donors (Lipinski definition) is 1. The molecule has 1 unspecified atom stereocenters. The first-order valence-corrected chi connectivity index (χ1v) is 11.6. The Kier molecular flexibility index (Phi) is 6.20. The molecule has 0 fully saturated rings. The maximum absolute atomic E-state index is 14.5. The van der Waals surface area contributed by atoms with Crippen molar-refractivity contribution in [2.24, 2.45) is 0 Å². The number of rotatable bonds is 7. The number of ether oxygens (including phenoxy) is 1. The van der Waals surface area contributed by atoms with Crippen LogP contribution in [0.2, 0.25) is 5.02 Å². The van der Waals surface area contributed by atoms with Crippen LogP contribution in [0.1, 0.15) is 18.5 Å². The van der Waals surface area contributed by atoms with Gasteiger partial charge in [0.2, 0.25) is 6.35 Å². The lowest BCUT2D eigenvalue weighted by Gasteiger charge is -2.29. The van der Waals surface area contributed by atoms with Gasteiger partial charge < -0.3 is 19.3 Å². The van der Waals surface area contributed by atoms with Crippen LogP contribution in [-0.4, -0.2) is 28.1 Å². The smallest absolute Gasteiger partial charge is 0.212 e. The number of aliphatic hydroxyl groups excluding tert-OH is 1. The molecule has 1 atom stereocenters. The van der Waals surface area contributed by atoms with E-state index in [9.17, 15) is 9.50 Å². The average molecular weight is 492 g/mol. The molecule has 35 heavy (non-hydrogen) atoms. The van der Waals surface area contributed by atoms with Crippen LogP contribution in [0.25, 0.3) is 10.9 Å². The second-order valence-electron chi connectivity index (χ2n) is 8.28. The van der Waals surface area contributed by atoms with Crippen molar-refractivity contribution < 1.29 is 14.2 Å². The number of unbranched alkanes of at least 4 members (excludes halogenated alkanes) is 1. The van der Waals surface area contributed by atoms with E-state index in [1.807, 2.05) is 29.2 Å². The molecular formula is C26H23ClFN5O2. The summed E-state index contributed by atoms with van der Waals surface area (Å²) < 4.78 is 21.7. The van der Waals surface area contributed by atoms with Crippen molar-refractivity contribution in [2.45, 2.75) is 32.3 Å². The highest BCUT2D eigenvalue weighted by atomic mass is 35.5. The summed E-state index contributed by atoms with van der Waals surface area (Å²) in [5, 5.41) is 22.1. The van der Waals surface area contributed by atoms with Gasteiger partial charge in [-0.3, -0.25) is 9.88 Å². The molecule has 1 aliphatic heterocycles. The van der Waals surface area contributed by atoms with Crippen LogP contribution < -0.4 is 14.5 Å². The van der Waals surface area contributed by atoms with Gasteiger partial charge in [-0.05, 0) is 48.9 Å². The molecule has 0 amide bonds. The van der Waals surface area contributed by atoms with Crippen LogP contribution in [0.5, 0.6) is 5.75 Å². The van der Waals surface area contributed by atoms with Crippen LogP contribution in [0, 0.1) is 17.1 Å². The summed E-state index contributed by atoms with van der Waals surface area (Å²) in [6, 6.07) is 16.4. The van der Waals surface area contributed by atoms with Gasteiger partial charge >= 0.3 is 0 Å². The maximum atomic E-state index is 14.5. The molecule has 4 aromatic rings. The first-order valence-electron chi connectivity index (χ1n) is 11.2. The predicted octanol–water partition coefficient (Wildman–Crippen LogP) is 5.58. The van der Waals surface area contributed by atoms with E-state index in [2.05, 4.69) is 15.6 Å². The molecule has 2 aromatic carbocycles. The summed E-state index contributed by atoms with van der Waals surface area (Å²) in [6.07, 6.45) is 3.40. The minimum absolute atomic E-state index is 0.134. The number of pyridine rings is 1. The number of aromatic nitrogens is 2. The number of benzene rings is 2. The fourth-order valence-electron chi connectivity index (χ4n) is 4.62. The van der Waals surface area contributed by atoms with Gasteiger partial charge in [-0.2, -0.15) is 5.26 Å². The van der Waals surface area contributed by atoms with Gasteiger partial charge in [-0.15, -0.1) is 0 Å². The number of aryl methyl sites for hydroxylation is 1. The summed E-state index contributed by atoms with van der Waals surface area (Å²) in [5.41, 5.74) is 3.90. The fourth-order valence-corrected chi connectivity index (χ4v) is 4.80. The Morgan fingerprint density at radius 2 is 2.03 bits per heavy atom. The second-order valence-corrected chi connectivity index (χ2v) is 8.72. The standard InChI is InChI=1S/C26H23ClFN5O2/c1-35-25-7-5-19(14-21(25)28)33-23-8-10-30-15-24(23)32(26(33)34)16-20-13-17-12-18(27)4-6-22(17)31(20)11-3-2-9-29/h4-8,10,12-15,26,34H,2-3,11,16H2,1H3. The van der Waals surface area contributed by atoms with Crippen molar-refractivity contribution in [2.75, 3.05) is 16.9 Å². The zero-order valence-electron chi connectivity index (χ0n) is 19.0. The fraction of sp³-hybridized carbons (Fsp3) is 0.231. The van der Waals surface area contributed by atoms with E-state index in [1.165, 1.54) is 19.2 Å². The number of methoxy groups -OCH3 is 1. The van der Waals surface area contributed by atoms with E-state index in [0.717, 1.165) is 22.3 Å². The molecule has 3 heterocycles. The van der Waals surface area contributed by atoms with Crippen molar-refractivity contribution in [1.82, 2.24) is 9.55 Å². The Bertz CT molecular complexity index is 1430. The number of nitriles is 1. The number of nitrogens with zero attached hydrogens (tertiary/aromatic N) is 5. The first-order chi connectivity index (χ1) is 17.0. The van der Waals surface area contributed by atoms with Crippen molar-refractivity contribution in [3.8, 4) is 11.8 Å². The van der Waals surface area contributed by atoms with Gasteiger partial charge in [-0.1, -0.05) is 11.6 Å². The van der Waals surface area contributed by atoms with Crippen LogP contribution in [0.4, 0.5) is 21.5 Å². The molecule has 5 rings (SSSR count). The van der Waals surface area contributed by atoms with Gasteiger partial charge in [0.25, 0.3) is 0 Å². The van der Waals surface area contributed by atoms with E-state index in [0.29, 0.717) is 42.3 Å². The highest BCUT2D eigenvalue weighted by molar-refractivity contribution is 6.31. The lowest BCUT2D eigenvalue weighted by atomic mass is 10.2. The number of halogens is 2. The third kappa shape index (κ3) is 4.14. The zero-order valence-corrected chi connectivity index (χ0v) is 19.8. The summed E-state index contributed by atoms with van der Waals surface area (Å²) in [4.78, 5) is 7.75. The van der Waals surface area contributed by atoms with Crippen molar-refractivity contribution in [3.05, 3.63) is 77.5 Å². The average Bonchev–Trinajstić information content (AvgIpc) is 3.33. The molecule has 0 saturated heterocycles. The molecular weight excluding hydrogens is 469 g/mol. The Morgan fingerprint density at radius 1 is 1.17 bits per heavy atom. The molecule has 0 saturated carbocycles. The van der Waals surface area contributed by atoms with Crippen molar-refractivity contribution in [3.63, 3.8) is 0 Å². The van der Waals surface area contributed by atoms with Crippen LogP contribution in [-0.2, 0) is 13.1 Å². The molecule has 7 nitrogen and oxygen atoms in total. The molecule has 2 aromatic heterocycles. The Balaban J connectivity index is 1.54. The van der Waals surface area contributed by atoms with Crippen LogP contribution >= 0.6 is 11.6 Å². The molecule has 0 spiro atoms. The lowest BCUT2D eigenvalue weighted by Crippen LogP contribution is -2.40. The molecule has 0 radical (unpaired) electrons. The summed E-state index contributed by atoms with van der Waals surface area (Å²) in [5.74, 6) is -0.379. The number of aliphatic hydroxyl groups is 1. The molecule has 0 bridgehead atoms. The second kappa shape index (κ2) is 9.45. The number of fused-ring (bicyclic) bond motifs is 2. The van der Waals surface area contributed by atoms with Crippen LogP contribution in [0.15, 0.2) is 60.9 Å². The minimum atomic E-state index is -1.09. The third-order valence-electron chi connectivity index (χ3n) is 6.22. The lowest BCUT2D eigenvalue weighted by molar-refractivity contribution is 0.180. The van der Waals surface area contributed by atoms with Gasteiger partial charge in [-0.25, -0.2) is 4.39 Å². The SMILES string of the molecule is COc1ccc(N2c3ccncc3N(Cc3cc4cc(Cl)ccc4n3CCCC#N)C2O)cc1F. The predicted molar refractivity (Wildman–Crippen MR) is 133 cm³/mol. The molecule has 1 N–H and O–H groups in total. The van der Waals surface area contributed by atoms with E-state index < -0.39 is 12.2 Å². The van der Waals surface area contributed by atoms with E-state index in [-0.39, 0.29) is 5.75 Å². The third-order valence-corrected chi connectivity index (χ3v) is 6.46. The van der Waals surface area contributed by atoms with E-state index in [4.69, 9.17) is 21.6 Å². The van der Waals surface area contributed by atoms with Gasteiger partial charge in [0.1, 0.15) is 0 Å². The number of hydrogen-bond acceptors (Lipinski definition) is 6. The Labute approximate surface area is 207 Å². The van der Waals surface area contributed by atoms with Crippen LogP contribution in [0.3, 0.4) is 0 Å². The summed E-state index contributed by atoms with van der Waals surface area (Å²) in [7, 11) is 1.41. The van der Waals surface area contributed by atoms with Crippen molar-refractivity contribution in [1.29, 1.82) is 5.26 Å². The number of anilines is 3. The van der Waals surface area contributed by atoms with Gasteiger partial charge in [0.15, 0.2) is 11.6 Å². The molecule has 178 valence electrons. The van der Waals surface area contributed by atoms with Gasteiger partial charge in [0.05, 0.1) is 37.3 Å². The minimum Gasteiger partial charge on any atom is -0.494 e. The summed E-state index contributed by atoms with van der Waals surface area (Å²) >= 11 is 6.23. The zero-order chi connectivity index (χ0) is 24.5. The maximum Gasteiger partial charge on any atom is 0.212 e. The molecule has 1 aliphatic rings.